The van der Waals surface area contributed by atoms with Gasteiger partial charge in [0.25, 0.3) is 5.91 Å². The number of carbonyl (C=O) groups excluding carboxylic acids is 1. The molecule has 0 aliphatic carbocycles. The number of carbonyl (C=O) groups is 1. The van der Waals surface area contributed by atoms with Crippen LogP contribution in [-0.2, 0) is 6.54 Å². The van der Waals surface area contributed by atoms with Gasteiger partial charge in [-0.1, -0.05) is 29.3 Å². The van der Waals surface area contributed by atoms with Crippen LogP contribution in [0.5, 0.6) is 11.5 Å². The maximum Gasteiger partial charge on any atom is 0.254 e. The number of ether oxygens (including phenoxy) is 2. The predicted molar refractivity (Wildman–Crippen MR) is 107 cm³/mol. The molecular formula is C20H22Cl2N2O3. The average Bonchev–Trinajstić information content (AvgIpc) is 2.70. The molecule has 2 aromatic carbocycles. The number of halogens is 2. The minimum absolute atomic E-state index is 0.00476. The summed E-state index contributed by atoms with van der Waals surface area (Å²) in [5.74, 6) is 1.17. The summed E-state index contributed by atoms with van der Waals surface area (Å²) in [6, 6.07) is 10.9. The van der Waals surface area contributed by atoms with Gasteiger partial charge in [0.15, 0.2) is 11.5 Å². The van der Waals surface area contributed by atoms with Crippen molar-refractivity contribution in [2.75, 3.05) is 40.4 Å². The highest BCUT2D eigenvalue weighted by Gasteiger charge is 2.23. The lowest BCUT2D eigenvalue weighted by Gasteiger charge is -2.35. The van der Waals surface area contributed by atoms with E-state index in [0.717, 1.165) is 25.2 Å². The standard InChI is InChI=1S/C20H22Cl2N2O3/c1-26-18-6-4-15(12-19(18)27-2)20(25)24-9-7-23(8-10-24)13-14-3-5-16(21)17(22)11-14/h3-6,11-12H,7-10,13H2,1-2H3. The molecule has 1 saturated heterocycles. The van der Waals surface area contributed by atoms with Gasteiger partial charge in [-0.25, -0.2) is 0 Å². The van der Waals surface area contributed by atoms with Crippen LogP contribution in [0.4, 0.5) is 0 Å². The molecule has 1 fully saturated rings. The number of methoxy groups -OCH3 is 2. The van der Waals surface area contributed by atoms with E-state index in [9.17, 15) is 4.79 Å². The van der Waals surface area contributed by atoms with E-state index in [1.807, 2.05) is 23.1 Å². The third-order valence-electron chi connectivity index (χ3n) is 4.68. The van der Waals surface area contributed by atoms with Crippen molar-refractivity contribution in [3.8, 4) is 11.5 Å². The topological polar surface area (TPSA) is 42.0 Å². The Morgan fingerprint density at radius 3 is 2.26 bits per heavy atom. The fraction of sp³-hybridized carbons (Fsp3) is 0.350. The highest BCUT2D eigenvalue weighted by Crippen LogP contribution is 2.28. The Bertz CT molecular complexity index is 821. The van der Waals surface area contributed by atoms with Gasteiger partial charge in [0.05, 0.1) is 24.3 Å². The lowest BCUT2D eigenvalue weighted by atomic mass is 10.1. The van der Waals surface area contributed by atoms with E-state index < -0.39 is 0 Å². The molecule has 5 nitrogen and oxygen atoms in total. The Morgan fingerprint density at radius 1 is 0.926 bits per heavy atom. The molecule has 7 heteroatoms. The highest BCUT2D eigenvalue weighted by atomic mass is 35.5. The van der Waals surface area contributed by atoms with Crippen LogP contribution >= 0.6 is 23.2 Å². The van der Waals surface area contributed by atoms with Gasteiger partial charge in [-0.3, -0.25) is 9.69 Å². The fourth-order valence-corrected chi connectivity index (χ4v) is 3.48. The summed E-state index contributed by atoms with van der Waals surface area (Å²) in [6.45, 7) is 3.75. The zero-order valence-electron chi connectivity index (χ0n) is 15.4. The molecule has 0 bridgehead atoms. The quantitative estimate of drug-likeness (QED) is 0.750. The molecule has 0 saturated carbocycles. The summed E-state index contributed by atoms with van der Waals surface area (Å²) in [7, 11) is 3.14. The molecule has 0 atom stereocenters. The van der Waals surface area contributed by atoms with Gasteiger partial charge >= 0.3 is 0 Å². The maximum atomic E-state index is 12.8. The average molecular weight is 409 g/mol. The number of hydrogen-bond donors (Lipinski definition) is 0. The number of piperazine rings is 1. The smallest absolute Gasteiger partial charge is 0.254 e. The van der Waals surface area contributed by atoms with Gasteiger partial charge < -0.3 is 14.4 Å². The Labute approximate surface area is 169 Å². The van der Waals surface area contributed by atoms with Crippen LogP contribution in [0, 0.1) is 0 Å². The number of rotatable bonds is 5. The van der Waals surface area contributed by atoms with E-state index in [1.54, 1.807) is 32.4 Å². The van der Waals surface area contributed by atoms with Gasteiger partial charge in [-0.2, -0.15) is 0 Å². The monoisotopic (exact) mass is 408 g/mol. The normalized spacial score (nSPS) is 14.9. The summed E-state index contributed by atoms with van der Waals surface area (Å²) in [6.07, 6.45) is 0. The molecule has 1 heterocycles. The van der Waals surface area contributed by atoms with Crippen LogP contribution in [0.15, 0.2) is 36.4 Å². The Balaban J connectivity index is 1.60. The van der Waals surface area contributed by atoms with Gasteiger partial charge in [-0.15, -0.1) is 0 Å². The molecule has 3 rings (SSSR count). The van der Waals surface area contributed by atoms with Crippen LogP contribution in [0.3, 0.4) is 0 Å². The third kappa shape index (κ3) is 4.67. The first-order valence-corrected chi connectivity index (χ1v) is 9.45. The second-order valence-electron chi connectivity index (χ2n) is 6.39. The zero-order valence-corrected chi connectivity index (χ0v) is 16.9. The highest BCUT2D eigenvalue weighted by molar-refractivity contribution is 6.42. The molecule has 0 unspecified atom stereocenters. The van der Waals surface area contributed by atoms with Gasteiger partial charge in [0.1, 0.15) is 0 Å². The van der Waals surface area contributed by atoms with E-state index in [2.05, 4.69) is 4.90 Å². The van der Waals surface area contributed by atoms with E-state index in [4.69, 9.17) is 32.7 Å². The summed E-state index contributed by atoms with van der Waals surface area (Å²) in [5, 5.41) is 1.13. The van der Waals surface area contributed by atoms with Crippen molar-refractivity contribution in [3.05, 3.63) is 57.6 Å². The molecule has 0 radical (unpaired) electrons. The number of hydrogen-bond acceptors (Lipinski definition) is 4. The largest absolute Gasteiger partial charge is 0.493 e. The van der Waals surface area contributed by atoms with Gasteiger partial charge in [0.2, 0.25) is 0 Å². The van der Waals surface area contributed by atoms with Crippen LogP contribution in [0.1, 0.15) is 15.9 Å². The minimum atomic E-state index is 0.00476. The first kappa shape index (κ1) is 19.8. The Kier molecular flexibility index (Phi) is 6.47. The Hall–Kier alpha value is -1.95. The first-order valence-electron chi connectivity index (χ1n) is 8.69. The lowest BCUT2D eigenvalue weighted by Crippen LogP contribution is -2.48. The molecule has 0 N–H and O–H groups in total. The van der Waals surface area contributed by atoms with Crippen molar-refractivity contribution in [3.63, 3.8) is 0 Å². The predicted octanol–water partition coefficient (Wildman–Crippen LogP) is 3.97. The molecule has 1 aliphatic rings. The summed E-state index contributed by atoms with van der Waals surface area (Å²) >= 11 is 12.1. The maximum absolute atomic E-state index is 12.8. The van der Waals surface area contributed by atoms with E-state index in [-0.39, 0.29) is 5.91 Å². The Morgan fingerprint density at radius 2 is 1.63 bits per heavy atom. The van der Waals surface area contributed by atoms with Crippen molar-refractivity contribution in [2.24, 2.45) is 0 Å². The number of benzene rings is 2. The van der Waals surface area contributed by atoms with Crippen molar-refractivity contribution < 1.29 is 14.3 Å². The molecule has 1 aliphatic heterocycles. The molecule has 0 spiro atoms. The van der Waals surface area contributed by atoms with Crippen molar-refractivity contribution in [1.29, 1.82) is 0 Å². The SMILES string of the molecule is COc1ccc(C(=O)N2CCN(Cc3ccc(Cl)c(Cl)c3)CC2)cc1OC. The second kappa shape index (κ2) is 8.83. The van der Waals surface area contributed by atoms with Crippen LogP contribution in [-0.4, -0.2) is 56.1 Å². The molecule has 144 valence electrons. The molecule has 2 aromatic rings. The van der Waals surface area contributed by atoms with Crippen molar-refractivity contribution >= 4 is 29.1 Å². The first-order chi connectivity index (χ1) is 13.0. The van der Waals surface area contributed by atoms with Crippen LogP contribution in [0.25, 0.3) is 0 Å². The van der Waals surface area contributed by atoms with E-state index in [0.29, 0.717) is 40.2 Å². The third-order valence-corrected chi connectivity index (χ3v) is 5.42. The second-order valence-corrected chi connectivity index (χ2v) is 7.20. The fourth-order valence-electron chi connectivity index (χ4n) is 3.16. The van der Waals surface area contributed by atoms with E-state index in [1.165, 1.54) is 0 Å². The van der Waals surface area contributed by atoms with Crippen LogP contribution < -0.4 is 9.47 Å². The van der Waals surface area contributed by atoms with Gasteiger partial charge in [-0.05, 0) is 35.9 Å². The summed E-state index contributed by atoms with van der Waals surface area (Å²) in [5.41, 5.74) is 1.72. The van der Waals surface area contributed by atoms with Crippen LogP contribution in [0.2, 0.25) is 10.0 Å². The number of amides is 1. The number of nitrogens with zero attached hydrogens (tertiary/aromatic N) is 2. The zero-order chi connectivity index (χ0) is 19.4. The summed E-state index contributed by atoms with van der Waals surface area (Å²) < 4.78 is 10.5. The van der Waals surface area contributed by atoms with Crippen molar-refractivity contribution in [1.82, 2.24) is 9.80 Å². The molecule has 0 aromatic heterocycles. The van der Waals surface area contributed by atoms with E-state index >= 15 is 0 Å². The van der Waals surface area contributed by atoms with Gasteiger partial charge in [0, 0.05) is 38.3 Å². The summed E-state index contributed by atoms with van der Waals surface area (Å²) in [4.78, 5) is 17.0. The van der Waals surface area contributed by atoms with Crippen molar-refractivity contribution in [2.45, 2.75) is 6.54 Å². The minimum Gasteiger partial charge on any atom is -0.493 e. The lowest BCUT2D eigenvalue weighted by molar-refractivity contribution is 0.0628. The molecule has 27 heavy (non-hydrogen) atoms. The molecular weight excluding hydrogens is 387 g/mol. The molecule has 1 amide bonds.